The maximum atomic E-state index is 12.1. The fraction of sp³-hybridized carbons (Fsp3) is 0.0400. The Bertz CT molecular complexity index is 1200. The average molecular weight is 415 g/mol. The Morgan fingerprint density at radius 1 is 0.933 bits per heavy atom. The molecule has 0 aliphatic heterocycles. The molecule has 0 aliphatic carbocycles. The van der Waals surface area contributed by atoms with Crippen molar-refractivity contribution >= 4 is 34.5 Å². The molecule has 4 aromatic carbocycles. The molecule has 0 heterocycles. The Hall–Kier alpha value is -3.63. The van der Waals surface area contributed by atoms with Crippen molar-refractivity contribution in [2.45, 2.75) is 6.61 Å². The smallest absolute Gasteiger partial charge is 0.271 e. The first-order chi connectivity index (χ1) is 14.7. The molecule has 0 atom stereocenters. The molecule has 0 fully saturated rings. The van der Waals surface area contributed by atoms with E-state index < -0.39 is 0 Å². The summed E-state index contributed by atoms with van der Waals surface area (Å²) in [6.45, 7) is 0.491. The Kier molecular flexibility index (Phi) is 6.06. The number of hydrazone groups is 1. The fourth-order valence-corrected chi connectivity index (χ4v) is 3.28. The number of hydrogen-bond donors (Lipinski definition) is 1. The van der Waals surface area contributed by atoms with E-state index in [1.54, 1.807) is 30.5 Å². The van der Waals surface area contributed by atoms with Gasteiger partial charge in [-0.2, -0.15) is 5.10 Å². The molecule has 5 heteroatoms. The van der Waals surface area contributed by atoms with E-state index in [9.17, 15) is 4.79 Å². The van der Waals surface area contributed by atoms with E-state index in [2.05, 4.69) is 34.8 Å². The lowest BCUT2D eigenvalue weighted by Gasteiger charge is -2.09. The number of amides is 1. The van der Waals surface area contributed by atoms with Crippen LogP contribution in [0.3, 0.4) is 0 Å². The summed E-state index contributed by atoms with van der Waals surface area (Å²) in [5.74, 6) is 0.451. The molecule has 0 aromatic heterocycles. The number of nitrogens with zero attached hydrogens (tertiary/aromatic N) is 1. The summed E-state index contributed by atoms with van der Waals surface area (Å²) in [4.78, 5) is 12.1. The second-order valence-electron chi connectivity index (χ2n) is 6.71. The molecule has 148 valence electrons. The maximum absolute atomic E-state index is 12.1. The summed E-state index contributed by atoms with van der Waals surface area (Å²) in [5, 5.41) is 6.89. The van der Waals surface area contributed by atoms with Gasteiger partial charge in [0.25, 0.3) is 5.91 Å². The van der Waals surface area contributed by atoms with Gasteiger partial charge in [0.2, 0.25) is 0 Å². The molecule has 0 radical (unpaired) electrons. The molecule has 0 saturated heterocycles. The van der Waals surface area contributed by atoms with Crippen molar-refractivity contribution in [1.82, 2.24) is 5.43 Å². The van der Waals surface area contributed by atoms with Gasteiger partial charge >= 0.3 is 0 Å². The molecule has 4 nitrogen and oxygen atoms in total. The number of carbonyl (C=O) groups excluding carboxylic acids is 1. The van der Waals surface area contributed by atoms with E-state index in [0.29, 0.717) is 17.2 Å². The monoisotopic (exact) mass is 414 g/mol. The molecule has 0 saturated carbocycles. The maximum Gasteiger partial charge on any atom is 0.271 e. The molecule has 4 aromatic rings. The molecule has 30 heavy (non-hydrogen) atoms. The second-order valence-corrected chi connectivity index (χ2v) is 7.14. The highest BCUT2D eigenvalue weighted by Crippen LogP contribution is 2.21. The van der Waals surface area contributed by atoms with E-state index in [0.717, 1.165) is 16.9 Å². The van der Waals surface area contributed by atoms with E-state index in [1.165, 1.54) is 10.8 Å². The summed E-state index contributed by atoms with van der Waals surface area (Å²) in [7, 11) is 0. The quantitative estimate of drug-likeness (QED) is 0.318. The van der Waals surface area contributed by atoms with Gasteiger partial charge in [0, 0.05) is 10.6 Å². The molecular weight excluding hydrogens is 396 g/mol. The highest BCUT2D eigenvalue weighted by Gasteiger charge is 2.04. The van der Waals surface area contributed by atoms with Gasteiger partial charge in [-0.25, -0.2) is 5.43 Å². The number of halogens is 1. The highest BCUT2D eigenvalue weighted by molar-refractivity contribution is 6.30. The molecule has 4 rings (SSSR count). The van der Waals surface area contributed by atoms with Gasteiger partial charge in [0.05, 0.1) is 6.21 Å². The van der Waals surface area contributed by atoms with E-state index in [4.69, 9.17) is 16.3 Å². The number of ether oxygens (including phenoxy) is 1. The average Bonchev–Trinajstić information content (AvgIpc) is 2.78. The van der Waals surface area contributed by atoms with Crippen LogP contribution in [0.5, 0.6) is 5.75 Å². The van der Waals surface area contributed by atoms with Gasteiger partial charge in [-0.15, -0.1) is 0 Å². The van der Waals surface area contributed by atoms with Crippen molar-refractivity contribution in [1.29, 1.82) is 0 Å². The van der Waals surface area contributed by atoms with Crippen molar-refractivity contribution < 1.29 is 9.53 Å². The number of rotatable bonds is 6. The zero-order valence-electron chi connectivity index (χ0n) is 16.1. The van der Waals surface area contributed by atoms with Gasteiger partial charge in [0.1, 0.15) is 12.4 Å². The number of fused-ring (bicyclic) bond motifs is 1. The SMILES string of the molecule is O=C(N/N=C/c1ccc(OCc2cccc3ccccc23)cc1)c1cccc(Cl)c1. The van der Waals surface area contributed by atoms with Gasteiger partial charge in [-0.05, 0) is 64.4 Å². The van der Waals surface area contributed by atoms with Crippen LogP contribution in [0.15, 0.2) is 96.1 Å². The molecule has 0 aliphatic rings. The van der Waals surface area contributed by atoms with Crippen molar-refractivity contribution in [3.63, 3.8) is 0 Å². The largest absolute Gasteiger partial charge is 0.489 e. The van der Waals surface area contributed by atoms with Crippen molar-refractivity contribution in [2.24, 2.45) is 5.10 Å². The molecule has 0 spiro atoms. The predicted molar refractivity (Wildman–Crippen MR) is 121 cm³/mol. The normalized spacial score (nSPS) is 11.0. The van der Waals surface area contributed by atoms with Crippen LogP contribution in [-0.2, 0) is 6.61 Å². The molecule has 0 unspecified atom stereocenters. The summed E-state index contributed by atoms with van der Waals surface area (Å²) in [5.41, 5.74) is 4.94. The first-order valence-corrected chi connectivity index (χ1v) is 9.85. The third-order valence-electron chi connectivity index (χ3n) is 4.62. The Balaban J connectivity index is 1.35. The fourth-order valence-electron chi connectivity index (χ4n) is 3.09. The Morgan fingerprint density at radius 2 is 1.70 bits per heavy atom. The number of benzene rings is 4. The van der Waals surface area contributed by atoms with Gasteiger partial charge in [-0.1, -0.05) is 60.1 Å². The predicted octanol–water partition coefficient (Wildman–Crippen LogP) is 5.84. The van der Waals surface area contributed by atoms with E-state index in [1.807, 2.05) is 42.5 Å². The van der Waals surface area contributed by atoms with Crippen LogP contribution in [0.2, 0.25) is 5.02 Å². The lowest BCUT2D eigenvalue weighted by atomic mass is 10.1. The minimum atomic E-state index is -0.316. The van der Waals surface area contributed by atoms with Crippen LogP contribution in [0.4, 0.5) is 0 Å². The van der Waals surface area contributed by atoms with Crippen LogP contribution < -0.4 is 10.2 Å². The van der Waals surface area contributed by atoms with E-state index in [-0.39, 0.29) is 5.91 Å². The van der Waals surface area contributed by atoms with Crippen molar-refractivity contribution in [3.8, 4) is 5.75 Å². The molecule has 0 bridgehead atoms. The van der Waals surface area contributed by atoms with Crippen LogP contribution in [-0.4, -0.2) is 12.1 Å². The van der Waals surface area contributed by atoms with Gasteiger partial charge < -0.3 is 4.74 Å². The van der Waals surface area contributed by atoms with Gasteiger partial charge in [0.15, 0.2) is 0 Å². The van der Waals surface area contributed by atoms with Crippen LogP contribution in [0.25, 0.3) is 10.8 Å². The topological polar surface area (TPSA) is 50.7 Å². The second kappa shape index (κ2) is 9.25. The molecule has 1 N–H and O–H groups in total. The lowest BCUT2D eigenvalue weighted by Crippen LogP contribution is -2.17. The first kappa shape index (κ1) is 19.7. The highest BCUT2D eigenvalue weighted by atomic mass is 35.5. The lowest BCUT2D eigenvalue weighted by molar-refractivity contribution is 0.0955. The minimum Gasteiger partial charge on any atom is -0.489 e. The zero-order valence-corrected chi connectivity index (χ0v) is 16.8. The zero-order chi connectivity index (χ0) is 20.8. The number of hydrogen-bond acceptors (Lipinski definition) is 3. The third kappa shape index (κ3) is 4.85. The van der Waals surface area contributed by atoms with E-state index >= 15 is 0 Å². The van der Waals surface area contributed by atoms with Crippen LogP contribution in [0, 0.1) is 0 Å². The van der Waals surface area contributed by atoms with Crippen molar-refractivity contribution in [3.05, 3.63) is 113 Å². The standard InChI is InChI=1S/C25H19ClN2O2/c26-22-9-4-7-20(15-22)25(29)28-27-16-18-11-13-23(14-12-18)30-17-21-8-3-6-19-5-1-2-10-24(19)21/h1-16H,17H2,(H,28,29)/b27-16+. The Labute approximate surface area is 179 Å². The van der Waals surface area contributed by atoms with Crippen LogP contribution >= 0.6 is 11.6 Å². The summed E-state index contributed by atoms with van der Waals surface area (Å²) in [6, 6.07) is 28.7. The van der Waals surface area contributed by atoms with Crippen molar-refractivity contribution in [2.75, 3.05) is 0 Å². The number of carbonyl (C=O) groups is 1. The van der Waals surface area contributed by atoms with Gasteiger partial charge in [-0.3, -0.25) is 4.79 Å². The minimum absolute atomic E-state index is 0.316. The van der Waals surface area contributed by atoms with Crippen LogP contribution in [0.1, 0.15) is 21.5 Å². The molecule has 1 amide bonds. The summed E-state index contributed by atoms with van der Waals surface area (Å²) in [6.07, 6.45) is 1.58. The first-order valence-electron chi connectivity index (χ1n) is 9.47. The molecular formula is C25H19ClN2O2. The summed E-state index contributed by atoms with van der Waals surface area (Å²) >= 11 is 5.90. The summed E-state index contributed by atoms with van der Waals surface area (Å²) < 4.78 is 5.94. The Morgan fingerprint density at radius 3 is 2.53 bits per heavy atom. The third-order valence-corrected chi connectivity index (χ3v) is 4.86. The number of nitrogens with one attached hydrogen (secondary N) is 1.